The number of fused-ring (bicyclic) bond motifs is 1. The van der Waals surface area contributed by atoms with Crippen LogP contribution in [-0.4, -0.2) is 26.2 Å². The predicted molar refractivity (Wildman–Crippen MR) is 72.9 cm³/mol. The molecule has 0 aliphatic carbocycles. The molecule has 1 aromatic rings. The summed E-state index contributed by atoms with van der Waals surface area (Å²) in [6, 6.07) is 8.21. The van der Waals surface area contributed by atoms with Crippen molar-refractivity contribution in [2.45, 2.75) is 32.1 Å². The zero-order valence-electron chi connectivity index (χ0n) is 11.4. The highest BCUT2D eigenvalue weighted by Crippen LogP contribution is 2.39. The Morgan fingerprint density at radius 3 is 2.78 bits per heavy atom. The van der Waals surface area contributed by atoms with Crippen molar-refractivity contribution in [3.8, 4) is 0 Å². The smallest absolute Gasteiger partial charge is 0.227 e. The number of hydrogen-bond acceptors (Lipinski definition) is 2. The van der Waals surface area contributed by atoms with E-state index in [2.05, 4.69) is 19.9 Å². The maximum absolute atomic E-state index is 12.3. The van der Waals surface area contributed by atoms with E-state index in [1.54, 1.807) is 7.11 Å². The predicted octanol–water partition coefficient (Wildman–Crippen LogP) is 2.74. The van der Waals surface area contributed by atoms with Crippen LogP contribution in [0.15, 0.2) is 24.3 Å². The molecular formula is C15H21NO2. The highest BCUT2D eigenvalue weighted by atomic mass is 16.5. The average molecular weight is 247 g/mol. The van der Waals surface area contributed by atoms with E-state index in [0.717, 1.165) is 18.7 Å². The van der Waals surface area contributed by atoms with Gasteiger partial charge in [-0.15, -0.1) is 0 Å². The van der Waals surface area contributed by atoms with Crippen LogP contribution in [0.4, 0.5) is 5.69 Å². The van der Waals surface area contributed by atoms with Gasteiger partial charge in [-0.3, -0.25) is 4.79 Å². The van der Waals surface area contributed by atoms with Gasteiger partial charge in [-0.25, -0.2) is 0 Å². The Morgan fingerprint density at radius 1 is 1.33 bits per heavy atom. The molecular weight excluding hydrogens is 226 g/mol. The number of methoxy groups -OCH3 is 1. The number of ether oxygens (including phenoxy) is 1. The lowest BCUT2D eigenvalue weighted by Crippen LogP contribution is -2.42. The van der Waals surface area contributed by atoms with E-state index in [4.69, 9.17) is 4.74 Å². The molecule has 0 N–H and O–H groups in total. The molecule has 0 atom stereocenters. The minimum atomic E-state index is -0.0641. The Bertz CT molecular complexity index is 440. The summed E-state index contributed by atoms with van der Waals surface area (Å²) in [6.45, 7) is 5.70. The first-order valence-corrected chi connectivity index (χ1v) is 6.45. The van der Waals surface area contributed by atoms with E-state index in [0.29, 0.717) is 13.0 Å². The largest absolute Gasteiger partial charge is 0.385 e. The summed E-state index contributed by atoms with van der Waals surface area (Å²) in [6.07, 6.45) is 1.45. The van der Waals surface area contributed by atoms with Crippen molar-refractivity contribution in [3.05, 3.63) is 29.8 Å². The zero-order valence-corrected chi connectivity index (χ0v) is 11.4. The van der Waals surface area contributed by atoms with Gasteiger partial charge in [-0.2, -0.15) is 0 Å². The van der Waals surface area contributed by atoms with Gasteiger partial charge < -0.3 is 9.64 Å². The monoisotopic (exact) mass is 247 g/mol. The minimum Gasteiger partial charge on any atom is -0.385 e. The van der Waals surface area contributed by atoms with Crippen molar-refractivity contribution in [1.29, 1.82) is 0 Å². The van der Waals surface area contributed by atoms with Crippen LogP contribution in [0.5, 0.6) is 0 Å². The van der Waals surface area contributed by atoms with E-state index in [1.165, 1.54) is 5.56 Å². The molecule has 1 heterocycles. The van der Waals surface area contributed by atoms with Crippen molar-refractivity contribution in [2.24, 2.45) is 0 Å². The first-order chi connectivity index (χ1) is 8.56. The molecule has 3 nitrogen and oxygen atoms in total. The summed E-state index contributed by atoms with van der Waals surface area (Å²) in [5.74, 6) is 0.217. The van der Waals surface area contributed by atoms with Crippen molar-refractivity contribution in [2.75, 3.05) is 25.2 Å². The number of hydrogen-bond donors (Lipinski definition) is 0. The van der Waals surface area contributed by atoms with Crippen molar-refractivity contribution in [1.82, 2.24) is 0 Å². The second-order valence-corrected chi connectivity index (χ2v) is 5.47. The van der Waals surface area contributed by atoms with Gasteiger partial charge in [0.15, 0.2) is 0 Å². The van der Waals surface area contributed by atoms with Crippen LogP contribution in [0.1, 0.15) is 32.3 Å². The van der Waals surface area contributed by atoms with Crippen LogP contribution in [-0.2, 0) is 14.9 Å². The van der Waals surface area contributed by atoms with Crippen molar-refractivity contribution in [3.63, 3.8) is 0 Å². The normalized spacial score (nSPS) is 17.7. The molecule has 1 aliphatic heterocycles. The summed E-state index contributed by atoms with van der Waals surface area (Å²) < 4.78 is 5.06. The SMILES string of the molecule is COCCCN1C(=O)CC(C)(C)c2ccccc21. The van der Waals surface area contributed by atoms with Gasteiger partial charge in [0.05, 0.1) is 0 Å². The van der Waals surface area contributed by atoms with E-state index < -0.39 is 0 Å². The quantitative estimate of drug-likeness (QED) is 0.766. The molecule has 0 bridgehead atoms. The van der Waals surface area contributed by atoms with Crippen LogP contribution in [0, 0.1) is 0 Å². The molecule has 0 radical (unpaired) electrons. The summed E-state index contributed by atoms with van der Waals surface area (Å²) in [5.41, 5.74) is 2.27. The lowest BCUT2D eigenvalue weighted by Gasteiger charge is -2.38. The van der Waals surface area contributed by atoms with Gasteiger partial charge in [0, 0.05) is 37.8 Å². The number of carbonyl (C=O) groups excluding carboxylic acids is 1. The first-order valence-electron chi connectivity index (χ1n) is 6.45. The van der Waals surface area contributed by atoms with Crippen LogP contribution in [0.2, 0.25) is 0 Å². The second kappa shape index (κ2) is 5.11. The molecule has 1 aliphatic rings. The molecule has 1 amide bonds. The van der Waals surface area contributed by atoms with Crippen molar-refractivity contribution < 1.29 is 9.53 Å². The maximum Gasteiger partial charge on any atom is 0.227 e. The third-order valence-electron chi connectivity index (χ3n) is 3.55. The Kier molecular flexibility index (Phi) is 3.71. The van der Waals surface area contributed by atoms with Crippen LogP contribution in [0.25, 0.3) is 0 Å². The summed E-state index contributed by atoms with van der Waals surface area (Å²) in [5, 5.41) is 0. The van der Waals surface area contributed by atoms with Crippen LogP contribution in [0.3, 0.4) is 0 Å². The summed E-state index contributed by atoms with van der Waals surface area (Å²) in [7, 11) is 1.69. The summed E-state index contributed by atoms with van der Waals surface area (Å²) >= 11 is 0. The Labute approximate surface area is 109 Å². The van der Waals surface area contributed by atoms with Gasteiger partial charge in [0.2, 0.25) is 5.91 Å². The third-order valence-corrected chi connectivity index (χ3v) is 3.55. The zero-order chi connectivity index (χ0) is 13.2. The number of carbonyl (C=O) groups is 1. The average Bonchev–Trinajstić information content (AvgIpc) is 2.33. The fraction of sp³-hybridized carbons (Fsp3) is 0.533. The van der Waals surface area contributed by atoms with E-state index >= 15 is 0 Å². The van der Waals surface area contributed by atoms with Gasteiger partial charge in [0.25, 0.3) is 0 Å². The van der Waals surface area contributed by atoms with E-state index in [-0.39, 0.29) is 11.3 Å². The highest BCUT2D eigenvalue weighted by Gasteiger charge is 2.35. The lowest BCUT2D eigenvalue weighted by molar-refractivity contribution is -0.120. The lowest BCUT2D eigenvalue weighted by atomic mass is 9.77. The standard InChI is InChI=1S/C15H21NO2/c1-15(2)11-14(17)16(9-6-10-18-3)13-8-5-4-7-12(13)15/h4-5,7-8H,6,9-11H2,1-3H3. The number of anilines is 1. The number of benzene rings is 1. The molecule has 0 spiro atoms. The molecule has 0 unspecified atom stereocenters. The van der Waals surface area contributed by atoms with Gasteiger partial charge >= 0.3 is 0 Å². The molecule has 2 rings (SSSR count). The van der Waals surface area contributed by atoms with Crippen LogP contribution >= 0.6 is 0 Å². The first kappa shape index (κ1) is 13.1. The number of nitrogens with zero attached hydrogens (tertiary/aromatic N) is 1. The molecule has 98 valence electrons. The number of amides is 1. The maximum atomic E-state index is 12.3. The van der Waals surface area contributed by atoms with Gasteiger partial charge in [0.1, 0.15) is 0 Å². The molecule has 18 heavy (non-hydrogen) atoms. The number of para-hydroxylation sites is 1. The highest BCUT2D eigenvalue weighted by molar-refractivity contribution is 5.97. The van der Waals surface area contributed by atoms with E-state index in [9.17, 15) is 4.79 Å². The molecule has 0 aromatic heterocycles. The van der Waals surface area contributed by atoms with E-state index in [1.807, 2.05) is 23.1 Å². The molecule has 0 fully saturated rings. The van der Waals surface area contributed by atoms with Crippen LogP contribution < -0.4 is 4.90 Å². The topological polar surface area (TPSA) is 29.5 Å². The minimum absolute atomic E-state index is 0.0641. The fourth-order valence-electron chi connectivity index (χ4n) is 2.60. The Morgan fingerprint density at radius 2 is 2.06 bits per heavy atom. The second-order valence-electron chi connectivity index (χ2n) is 5.47. The molecule has 1 aromatic carbocycles. The Hall–Kier alpha value is -1.35. The van der Waals surface area contributed by atoms with Gasteiger partial charge in [-0.1, -0.05) is 32.0 Å². The van der Waals surface area contributed by atoms with Gasteiger partial charge in [-0.05, 0) is 18.1 Å². The molecule has 3 heteroatoms. The van der Waals surface area contributed by atoms with Crippen molar-refractivity contribution >= 4 is 11.6 Å². The number of rotatable bonds is 4. The molecule has 0 saturated carbocycles. The Balaban J connectivity index is 2.28. The third kappa shape index (κ3) is 2.41. The molecule has 0 saturated heterocycles. The summed E-state index contributed by atoms with van der Waals surface area (Å²) in [4.78, 5) is 14.2. The fourth-order valence-corrected chi connectivity index (χ4v) is 2.60.